The van der Waals surface area contributed by atoms with Crippen LogP contribution >= 0.6 is 27.3 Å². The van der Waals surface area contributed by atoms with E-state index in [2.05, 4.69) is 30.9 Å². The van der Waals surface area contributed by atoms with Crippen molar-refractivity contribution in [2.45, 2.75) is 38.3 Å². The lowest BCUT2D eigenvalue weighted by Gasteiger charge is -2.23. The van der Waals surface area contributed by atoms with E-state index in [1.54, 1.807) is 0 Å². The number of carboxylic acids is 1. The second-order valence-corrected chi connectivity index (χ2v) is 8.77. The second kappa shape index (κ2) is 7.05. The molecule has 1 N–H and O–H groups in total. The van der Waals surface area contributed by atoms with E-state index in [-0.39, 0.29) is 11.9 Å². The topological polar surface area (TPSA) is 80.5 Å². The number of aromatic nitrogens is 3. The van der Waals surface area contributed by atoms with Gasteiger partial charge in [0.2, 0.25) is 0 Å². The number of nitrogens with zero attached hydrogens (tertiary/aromatic N) is 4. The maximum absolute atomic E-state index is 11.3. The summed E-state index contributed by atoms with van der Waals surface area (Å²) in [4.78, 5) is 17.7. The van der Waals surface area contributed by atoms with Crippen LogP contribution in [0.5, 0.6) is 0 Å². The molecule has 0 bridgehead atoms. The molecule has 7 nitrogen and oxygen atoms in total. The van der Waals surface area contributed by atoms with Crippen molar-refractivity contribution in [3.63, 3.8) is 0 Å². The fourth-order valence-corrected chi connectivity index (χ4v) is 4.46. The number of hydrogen-bond acceptors (Lipinski definition) is 6. The van der Waals surface area contributed by atoms with Crippen LogP contribution in [-0.4, -0.2) is 39.0 Å². The largest absolute Gasteiger partial charge is 0.476 e. The molecule has 2 fully saturated rings. The molecular weight excluding hydrogens is 408 g/mol. The van der Waals surface area contributed by atoms with Gasteiger partial charge in [-0.3, -0.25) is 0 Å². The molecule has 134 valence electrons. The summed E-state index contributed by atoms with van der Waals surface area (Å²) in [6.45, 7) is 1.60. The zero-order valence-electron chi connectivity index (χ0n) is 13.6. The summed E-state index contributed by atoms with van der Waals surface area (Å²) in [6.07, 6.45) is 9.41. The van der Waals surface area contributed by atoms with Crippen molar-refractivity contribution in [1.82, 2.24) is 14.8 Å². The summed E-state index contributed by atoms with van der Waals surface area (Å²) in [7, 11) is 0. The number of hydrogen-bond donors (Lipinski definition) is 1. The minimum absolute atomic E-state index is 0.0112. The summed E-state index contributed by atoms with van der Waals surface area (Å²) in [6, 6.07) is 0. The number of thiazole rings is 1. The molecule has 0 aromatic carbocycles. The summed E-state index contributed by atoms with van der Waals surface area (Å²) in [5.41, 5.74) is 0.989. The first-order chi connectivity index (χ1) is 12.1. The Kier molecular flexibility index (Phi) is 4.79. The molecule has 1 saturated carbocycles. The Balaban J connectivity index is 1.61. The van der Waals surface area contributed by atoms with E-state index >= 15 is 0 Å². The van der Waals surface area contributed by atoms with E-state index in [1.165, 1.54) is 24.2 Å². The molecule has 0 spiro atoms. The number of aromatic carboxylic acids is 1. The predicted molar refractivity (Wildman–Crippen MR) is 97.6 cm³/mol. The van der Waals surface area contributed by atoms with Gasteiger partial charge in [-0.05, 0) is 54.0 Å². The van der Waals surface area contributed by atoms with Gasteiger partial charge >= 0.3 is 5.97 Å². The van der Waals surface area contributed by atoms with Gasteiger partial charge in [0.1, 0.15) is 10.0 Å². The van der Waals surface area contributed by atoms with Crippen molar-refractivity contribution in [2.24, 2.45) is 5.92 Å². The van der Waals surface area contributed by atoms with Crippen LogP contribution in [-0.2, 0) is 4.74 Å². The van der Waals surface area contributed by atoms with E-state index in [0.717, 1.165) is 38.1 Å². The van der Waals surface area contributed by atoms with E-state index in [9.17, 15) is 9.90 Å². The maximum Gasteiger partial charge on any atom is 0.356 e. The highest BCUT2D eigenvalue weighted by molar-refractivity contribution is 9.11. The van der Waals surface area contributed by atoms with Gasteiger partial charge in [-0.15, -0.1) is 0 Å². The lowest BCUT2D eigenvalue weighted by molar-refractivity contribution is -0.0394. The Morgan fingerprint density at radius 2 is 2.28 bits per heavy atom. The smallest absolute Gasteiger partial charge is 0.356 e. The van der Waals surface area contributed by atoms with Gasteiger partial charge in [0.15, 0.2) is 10.8 Å². The average Bonchev–Trinajstić information content (AvgIpc) is 3.15. The quantitative estimate of drug-likeness (QED) is 0.750. The first-order valence-electron chi connectivity index (χ1n) is 8.44. The molecule has 2 aliphatic rings. The van der Waals surface area contributed by atoms with Crippen molar-refractivity contribution >= 4 is 44.1 Å². The lowest BCUT2D eigenvalue weighted by atomic mass is 10.2. The molecule has 1 aliphatic heterocycles. The van der Waals surface area contributed by atoms with Gasteiger partial charge in [0.25, 0.3) is 0 Å². The third kappa shape index (κ3) is 3.73. The minimum Gasteiger partial charge on any atom is -0.476 e. The Bertz CT molecular complexity index is 767. The molecule has 1 aliphatic carbocycles. The SMILES string of the molecule is O=C(O)c1nc(N(CC2CC2)c2cnn(C3CCCCO3)c2)sc1Br. The Morgan fingerprint density at radius 3 is 2.92 bits per heavy atom. The van der Waals surface area contributed by atoms with Gasteiger partial charge < -0.3 is 14.7 Å². The van der Waals surface area contributed by atoms with Crippen LogP contribution in [0.15, 0.2) is 16.2 Å². The predicted octanol–water partition coefficient (Wildman–Crippen LogP) is 4.05. The van der Waals surface area contributed by atoms with Crippen LogP contribution < -0.4 is 4.90 Å². The molecule has 25 heavy (non-hydrogen) atoms. The fourth-order valence-electron chi connectivity index (χ4n) is 2.95. The van der Waals surface area contributed by atoms with Crippen molar-refractivity contribution in [1.29, 1.82) is 0 Å². The molecule has 0 radical (unpaired) electrons. The molecular formula is C16H19BrN4O3S. The van der Waals surface area contributed by atoms with Crippen LogP contribution in [0.1, 0.15) is 48.8 Å². The summed E-state index contributed by atoms with van der Waals surface area (Å²) >= 11 is 4.66. The monoisotopic (exact) mass is 426 g/mol. The zero-order chi connectivity index (χ0) is 17.4. The van der Waals surface area contributed by atoms with Crippen LogP contribution in [0.2, 0.25) is 0 Å². The highest BCUT2D eigenvalue weighted by atomic mass is 79.9. The summed E-state index contributed by atoms with van der Waals surface area (Å²) < 4.78 is 8.21. The maximum atomic E-state index is 11.3. The Labute approximate surface area is 157 Å². The number of carbonyl (C=O) groups is 1. The Morgan fingerprint density at radius 1 is 1.44 bits per heavy atom. The van der Waals surface area contributed by atoms with Crippen molar-refractivity contribution < 1.29 is 14.6 Å². The molecule has 2 aromatic heterocycles. The second-order valence-electron chi connectivity index (χ2n) is 6.48. The third-order valence-corrected chi connectivity index (χ3v) is 6.22. The highest BCUT2D eigenvalue weighted by Crippen LogP contribution is 2.39. The molecule has 1 atom stereocenters. The molecule has 4 rings (SSSR count). The first kappa shape index (κ1) is 17.0. The number of anilines is 2. The van der Waals surface area contributed by atoms with E-state index < -0.39 is 5.97 Å². The molecule has 0 amide bonds. The van der Waals surface area contributed by atoms with E-state index in [0.29, 0.717) is 14.8 Å². The van der Waals surface area contributed by atoms with E-state index in [1.807, 2.05) is 17.1 Å². The summed E-state index contributed by atoms with van der Waals surface area (Å²) in [5.74, 6) is -0.391. The standard InChI is InChI=1S/C16H19BrN4O3S/c17-14-13(15(22)23)19-16(25-14)20(8-10-4-5-10)11-7-18-21(9-11)12-3-1-2-6-24-12/h7,9-10,12H,1-6,8H2,(H,22,23). The third-order valence-electron chi connectivity index (χ3n) is 4.50. The molecule has 9 heteroatoms. The van der Waals surface area contributed by atoms with Crippen LogP contribution in [0.25, 0.3) is 0 Å². The molecule has 1 saturated heterocycles. The van der Waals surface area contributed by atoms with Crippen molar-refractivity contribution in [2.75, 3.05) is 18.1 Å². The van der Waals surface area contributed by atoms with E-state index in [4.69, 9.17) is 4.74 Å². The number of rotatable bonds is 6. The van der Waals surface area contributed by atoms with Crippen LogP contribution in [0, 0.1) is 5.92 Å². The van der Waals surface area contributed by atoms with Crippen molar-refractivity contribution in [3.8, 4) is 0 Å². The van der Waals surface area contributed by atoms with Gasteiger partial charge in [0, 0.05) is 13.2 Å². The summed E-state index contributed by atoms with van der Waals surface area (Å²) in [5, 5.41) is 14.4. The van der Waals surface area contributed by atoms with Gasteiger partial charge in [-0.2, -0.15) is 5.10 Å². The van der Waals surface area contributed by atoms with Crippen molar-refractivity contribution in [3.05, 3.63) is 21.9 Å². The van der Waals surface area contributed by atoms with Crippen LogP contribution in [0.4, 0.5) is 10.8 Å². The van der Waals surface area contributed by atoms with Gasteiger partial charge in [-0.25, -0.2) is 14.5 Å². The fraction of sp³-hybridized carbons (Fsp3) is 0.562. The molecule has 3 heterocycles. The normalized spacial score (nSPS) is 20.6. The lowest BCUT2D eigenvalue weighted by Crippen LogP contribution is -2.20. The minimum atomic E-state index is -1.02. The number of ether oxygens (including phenoxy) is 1. The Hall–Kier alpha value is -1.45. The highest BCUT2D eigenvalue weighted by Gasteiger charge is 2.29. The number of carboxylic acid groups (broad SMARTS) is 1. The zero-order valence-corrected chi connectivity index (χ0v) is 16.0. The first-order valence-corrected chi connectivity index (χ1v) is 10.1. The average molecular weight is 427 g/mol. The van der Waals surface area contributed by atoms with Gasteiger partial charge in [-0.1, -0.05) is 11.3 Å². The number of halogens is 1. The van der Waals surface area contributed by atoms with Crippen LogP contribution in [0.3, 0.4) is 0 Å². The molecule has 1 unspecified atom stereocenters. The van der Waals surface area contributed by atoms with Gasteiger partial charge in [0.05, 0.1) is 18.1 Å². The molecule has 2 aromatic rings.